The van der Waals surface area contributed by atoms with Gasteiger partial charge in [0.25, 0.3) is 0 Å². The van der Waals surface area contributed by atoms with Crippen LogP contribution in [-0.4, -0.2) is 32.0 Å². The average Bonchev–Trinajstić information content (AvgIpc) is 1.53. The van der Waals surface area contributed by atoms with E-state index in [0.717, 1.165) is 19.3 Å². The van der Waals surface area contributed by atoms with Gasteiger partial charge < -0.3 is 32.0 Å². The van der Waals surface area contributed by atoms with E-state index < -0.39 is 0 Å². The minimum Gasteiger partial charge on any atom is -0.344 e. The number of aryl methyl sites for hydroxylation is 5. The lowest BCUT2D eigenvalue weighted by atomic mass is 9.99. The highest BCUT2D eigenvalue weighted by atomic mass is 15.0. The van der Waals surface area contributed by atoms with Gasteiger partial charge in [-0.3, -0.25) is 0 Å². The SMILES string of the molecule is Cc1ccc(-n2c3ccccc3c3c4c(ccc32)Cc2ccccc2-4)cc1.Cc1cccc(-n2c3ccccc3c3c4c(ccc32)Cc2ccccc2-4)c1.Cn1c2ccccc2c2c3c(ccc21)Cc1ccccc1-3.Cn1c2ccccc2c2c3c4ccccc4n(-c4ccc(-c5ccccc5)cc4)c3c3ccccc3c21.Cn1c2ccccc2c2c3c4ccccc4n(-c4ccccc4)c3c3ccccc3c21. The van der Waals surface area contributed by atoms with Gasteiger partial charge in [-0.15, -0.1) is 0 Å². The molecule has 0 spiro atoms. The van der Waals surface area contributed by atoms with Crippen molar-refractivity contribution in [1.29, 1.82) is 0 Å². The number of para-hydroxylation sites is 8. The summed E-state index contributed by atoms with van der Waals surface area (Å²) in [7, 11) is 6.56. The molecule has 0 atom stereocenters. The Morgan fingerprint density at radius 3 is 0.867 bits per heavy atom. The number of rotatable bonds is 5. The number of fused-ring (bicyclic) bond motifs is 41. The number of benzene rings is 22. The van der Waals surface area contributed by atoms with E-state index in [9.17, 15) is 0 Å². The van der Waals surface area contributed by atoms with Crippen LogP contribution in [0.2, 0.25) is 0 Å². The van der Waals surface area contributed by atoms with Crippen molar-refractivity contribution >= 4 is 174 Å². The Bertz CT molecular complexity index is 10300. The van der Waals surface area contributed by atoms with Gasteiger partial charge in [-0.25, -0.2) is 0 Å². The van der Waals surface area contributed by atoms with Crippen LogP contribution in [0.4, 0.5) is 0 Å². The quantitative estimate of drug-likeness (QED) is 0.165. The summed E-state index contributed by atoms with van der Waals surface area (Å²) in [5.41, 5.74) is 44.9. The van der Waals surface area contributed by atoms with E-state index in [1.807, 2.05) is 0 Å². The first-order valence-corrected chi connectivity index (χ1v) is 49.9. The Labute approximate surface area is 827 Å². The fourth-order valence-corrected chi connectivity index (χ4v) is 25.0. The maximum absolute atomic E-state index is 2.46. The molecule has 0 radical (unpaired) electrons. The smallest absolute Gasteiger partial charge is 0.0627 e. The van der Waals surface area contributed by atoms with Crippen molar-refractivity contribution in [2.75, 3.05) is 0 Å². The van der Waals surface area contributed by atoms with E-state index in [2.05, 4.69) is 528 Å². The molecule has 0 fully saturated rings. The highest BCUT2D eigenvalue weighted by Crippen LogP contribution is 2.53. The van der Waals surface area contributed by atoms with E-state index in [1.54, 1.807) is 0 Å². The number of hydrogen-bond donors (Lipinski definition) is 0. The van der Waals surface area contributed by atoms with Crippen molar-refractivity contribution < 1.29 is 0 Å². The predicted octanol–water partition coefficient (Wildman–Crippen LogP) is 35.1. The van der Waals surface area contributed by atoms with Gasteiger partial charge >= 0.3 is 0 Å². The Morgan fingerprint density at radius 1 is 0.161 bits per heavy atom. The Balaban J connectivity index is 0.0000000881. The molecule has 0 bridgehead atoms. The minimum atomic E-state index is 1.03. The second-order valence-electron chi connectivity index (χ2n) is 39.0. The fraction of sp³-hybridized carbons (Fsp3) is 0.0588. The second kappa shape index (κ2) is 33.1. The van der Waals surface area contributed by atoms with Crippen molar-refractivity contribution in [3.8, 4) is 67.3 Å². The molecule has 676 valence electrons. The van der Waals surface area contributed by atoms with Crippen molar-refractivity contribution in [3.63, 3.8) is 0 Å². The molecule has 7 aromatic heterocycles. The first-order valence-electron chi connectivity index (χ1n) is 49.9. The van der Waals surface area contributed by atoms with Crippen LogP contribution in [0.25, 0.3) is 241 Å². The Hall–Kier alpha value is -18.0. The maximum atomic E-state index is 2.46. The lowest BCUT2D eigenvalue weighted by molar-refractivity contribution is 1.01. The normalized spacial score (nSPS) is 12.3. The van der Waals surface area contributed by atoms with Crippen molar-refractivity contribution in [1.82, 2.24) is 32.0 Å². The molecule has 0 aliphatic heterocycles. The summed E-state index contributed by atoms with van der Waals surface area (Å²) in [4.78, 5) is 0. The molecule has 32 rings (SSSR count). The summed E-state index contributed by atoms with van der Waals surface area (Å²) in [5, 5.41) is 23.9. The van der Waals surface area contributed by atoms with Gasteiger partial charge in [0.05, 0.1) is 55.2 Å². The summed E-state index contributed by atoms with van der Waals surface area (Å²) >= 11 is 0. The second-order valence-corrected chi connectivity index (χ2v) is 39.0. The standard InChI is InChI=1S/C35H24N2.C29H20N2.2C26H19N.C20H15N/c1-36-30-17-9-7-15-28(30)32-33-29-16-8-10-18-31(29)37(35(33)27-14-6-5-13-26(27)34(32)36)25-21-19-24(20-22-25)23-11-3-2-4-12-23;1-30-24-17-9-7-15-22(24)26-27-23-16-8-10-18-25(23)31(19-11-3-2-4-12-19)29(27)21-14-6-5-13-20(21)28(26)30;1-17-7-6-9-20(15-17)27-23-12-5-4-11-22(23)26-24(27)14-13-19-16-18-8-2-3-10-21(18)25(19)26;1-17-10-13-20(14-11-17)27-23-9-5-4-8-22(23)26-24(27)15-12-19-16-18-6-2-3-7-21(18)25(19)26;1-21-17-9-5-4-8-16(17)20-18(21)11-10-14-12-13-6-2-3-7-15(13)19(14)20/h2-22H,1H3;2-18H,1H3;2*2-15H,16H2,1H3;2-11H,12H2,1H3. The van der Waals surface area contributed by atoms with Crippen LogP contribution in [0.5, 0.6) is 0 Å². The first-order chi connectivity index (χ1) is 70.6. The third-order valence-electron chi connectivity index (χ3n) is 31.2. The molecule has 3 aliphatic rings. The van der Waals surface area contributed by atoms with Crippen LogP contribution < -0.4 is 0 Å². The van der Waals surface area contributed by atoms with Gasteiger partial charge in [-0.2, -0.15) is 0 Å². The molecule has 3 aliphatic carbocycles. The maximum Gasteiger partial charge on any atom is 0.0627 e. The monoisotopic (exact) mass is 1830 g/mol. The average molecular weight is 1830 g/mol. The topological polar surface area (TPSA) is 34.5 Å². The third kappa shape index (κ3) is 12.8. The lowest BCUT2D eigenvalue weighted by Gasteiger charge is -2.12. The van der Waals surface area contributed by atoms with Gasteiger partial charge in [0, 0.05) is 163 Å². The summed E-state index contributed by atoms with van der Waals surface area (Å²) in [6, 6.07) is 168. The number of nitrogens with zero attached hydrogens (tertiary/aromatic N) is 7. The summed E-state index contributed by atoms with van der Waals surface area (Å²) < 4.78 is 16.8. The van der Waals surface area contributed by atoms with Crippen LogP contribution in [0.1, 0.15) is 44.5 Å². The molecule has 0 saturated carbocycles. The molecule has 7 heteroatoms. The van der Waals surface area contributed by atoms with Crippen molar-refractivity contribution in [2.45, 2.75) is 33.1 Å². The molecule has 7 heterocycles. The summed E-state index contributed by atoms with van der Waals surface area (Å²) in [6.07, 6.45) is 3.13. The predicted molar refractivity (Wildman–Crippen MR) is 606 cm³/mol. The minimum absolute atomic E-state index is 1.03. The van der Waals surface area contributed by atoms with Crippen LogP contribution in [0, 0.1) is 13.8 Å². The number of aromatic nitrogens is 7. The van der Waals surface area contributed by atoms with Crippen LogP contribution in [0.15, 0.2) is 461 Å². The highest BCUT2D eigenvalue weighted by Gasteiger charge is 2.31. The molecular formula is C136H97N7. The zero-order valence-electron chi connectivity index (χ0n) is 80.1. The van der Waals surface area contributed by atoms with Crippen LogP contribution in [0.3, 0.4) is 0 Å². The molecule has 0 unspecified atom stereocenters. The molecule has 0 N–H and O–H groups in total. The van der Waals surface area contributed by atoms with Gasteiger partial charge in [0.15, 0.2) is 0 Å². The van der Waals surface area contributed by atoms with Gasteiger partial charge in [0.1, 0.15) is 0 Å². The van der Waals surface area contributed by atoms with Gasteiger partial charge in [0.2, 0.25) is 0 Å². The zero-order valence-corrected chi connectivity index (χ0v) is 80.1. The van der Waals surface area contributed by atoms with E-state index >= 15 is 0 Å². The molecule has 0 saturated heterocycles. The molecule has 22 aromatic carbocycles. The molecule has 0 amide bonds. The first kappa shape index (κ1) is 83.2. The summed E-state index contributed by atoms with van der Waals surface area (Å²) in [6.45, 7) is 4.30. The molecule has 143 heavy (non-hydrogen) atoms. The zero-order chi connectivity index (χ0) is 94.9. The van der Waals surface area contributed by atoms with Gasteiger partial charge in [-0.05, 0) is 226 Å². The van der Waals surface area contributed by atoms with Crippen molar-refractivity contribution in [2.24, 2.45) is 21.1 Å². The van der Waals surface area contributed by atoms with E-state index in [4.69, 9.17) is 0 Å². The summed E-state index contributed by atoms with van der Waals surface area (Å²) in [5.74, 6) is 0. The Kier molecular flexibility index (Phi) is 19.2. The molecule has 7 nitrogen and oxygen atoms in total. The van der Waals surface area contributed by atoms with E-state index in [1.165, 1.54) is 286 Å². The van der Waals surface area contributed by atoms with Crippen LogP contribution in [-0.2, 0) is 40.4 Å². The molecular weight excluding hydrogens is 1730 g/mol. The lowest BCUT2D eigenvalue weighted by Crippen LogP contribution is -1.95. The Morgan fingerprint density at radius 2 is 0.441 bits per heavy atom. The van der Waals surface area contributed by atoms with Crippen LogP contribution >= 0.6 is 0 Å². The number of hydrogen-bond acceptors (Lipinski definition) is 0. The van der Waals surface area contributed by atoms with Crippen molar-refractivity contribution in [3.05, 3.63) is 506 Å². The van der Waals surface area contributed by atoms with E-state index in [-0.39, 0.29) is 0 Å². The highest BCUT2D eigenvalue weighted by molar-refractivity contribution is 6.39. The largest absolute Gasteiger partial charge is 0.344 e. The fourth-order valence-electron chi connectivity index (χ4n) is 25.0. The molecule has 29 aromatic rings. The third-order valence-corrected chi connectivity index (χ3v) is 31.2. The van der Waals surface area contributed by atoms with Gasteiger partial charge in [-0.1, -0.05) is 357 Å². The van der Waals surface area contributed by atoms with E-state index in [0.29, 0.717) is 0 Å².